The Labute approximate surface area is 98.9 Å². The van der Waals surface area contributed by atoms with Crippen LogP contribution in [-0.2, 0) is 0 Å². The van der Waals surface area contributed by atoms with E-state index in [1.165, 1.54) is 4.90 Å². The lowest BCUT2D eigenvalue weighted by atomic mass is 10.3. The van der Waals surface area contributed by atoms with Crippen molar-refractivity contribution in [2.75, 3.05) is 30.4 Å². The molecule has 0 saturated heterocycles. The van der Waals surface area contributed by atoms with Gasteiger partial charge in [-0.3, -0.25) is 0 Å². The normalized spacial score (nSPS) is 9.82. The van der Waals surface area contributed by atoms with Crippen LogP contribution in [0.4, 0.5) is 20.4 Å². The SMILES string of the molecule is CCNc1nc(N(C)CCC#N)c(F)cc1F. The molecular weight excluding hydrogens is 226 g/mol. The third kappa shape index (κ3) is 3.28. The highest BCUT2D eigenvalue weighted by molar-refractivity contribution is 5.48. The Balaban J connectivity index is 2.98. The topological polar surface area (TPSA) is 52.0 Å². The van der Waals surface area contributed by atoms with E-state index in [1.807, 2.05) is 6.07 Å². The minimum atomic E-state index is -0.732. The average Bonchev–Trinajstić information content (AvgIpc) is 2.29. The third-order valence-corrected chi connectivity index (χ3v) is 2.18. The van der Waals surface area contributed by atoms with Gasteiger partial charge in [-0.1, -0.05) is 0 Å². The number of pyridine rings is 1. The van der Waals surface area contributed by atoms with Crippen molar-refractivity contribution in [1.29, 1.82) is 5.26 Å². The fourth-order valence-electron chi connectivity index (χ4n) is 1.34. The first-order valence-electron chi connectivity index (χ1n) is 5.28. The zero-order valence-electron chi connectivity index (χ0n) is 9.80. The maximum Gasteiger partial charge on any atom is 0.168 e. The number of hydrogen-bond acceptors (Lipinski definition) is 4. The van der Waals surface area contributed by atoms with Crippen LogP contribution in [0.5, 0.6) is 0 Å². The Morgan fingerprint density at radius 2 is 2.18 bits per heavy atom. The predicted octanol–water partition coefficient (Wildman–Crippen LogP) is 2.14. The van der Waals surface area contributed by atoms with Crippen molar-refractivity contribution < 1.29 is 8.78 Å². The van der Waals surface area contributed by atoms with Crippen molar-refractivity contribution in [3.63, 3.8) is 0 Å². The number of nitriles is 1. The van der Waals surface area contributed by atoms with Gasteiger partial charge in [0.2, 0.25) is 0 Å². The van der Waals surface area contributed by atoms with E-state index in [9.17, 15) is 8.78 Å². The van der Waals surface area contributed by atoms with Gasteiger partial charge in [-0.15, -0.1) is 0 Å². The summed E-state index contributed by atoms with van der Waals surface area (Å²) in [5.74, 6) is -1.39. The number of aromatic nitrogens is 1. The first kappa shape index (κ1) is 13.2. The van der Waals surface area contributed by atoms with E-state index < -0.39 is 11.6 Å². The third-order valence-electron chi connectivity index (χ3n) is 2.18. The molecule has 0 spiro atoms. The van der Waals surface area contributed by atoms with Crippen LogP contribution in [0.15, 0.2) is 6.07 Å². The zero-order valence-corrected chi connectivity index (χ0v) is 9.80. The van der Waals surface area contributed by atoms with Gasteiger partial charge in [0.25, 0.3) is 0 Å². The van der Waals surface area contributed by atoms with Crippen molar-refractivity contribution in [3.05, 3.63) is 17.7 Å². The second kappa shape index (κ2) is 5.99. The van der Waals surface area contributed by atoms with Crippen LogP contribution in [0.3, 0.4) is 0 Å². The van der Waals surface area contributed by atoms with Gasteiger partial charge in [0.15, 0.2) is 23.3 Å². The molecule has 0 amide bonds. The van der Waals surface area contributed by atoms with E-state index in [4.69, 9.17) is 5.26 Å². The molecule has 6 heteroatoms. The van der Waals surface area contributed by atoms with Crippen molar-refractivity contribution in [2.24, 2.45) is 0 Å². The lowest BCUT2D eigenvalue weighted by Crippen LogP contribution is -2.21. The molecule has 1 heterocycles. The molecule has 0 aliphatic rings. The minimum Gasteiger partial charge on any atom is -0.368 e. The van der Waals surface area contributed by atoms with Crippen molar-refractivity contribution >= 4 is 11.6 Å². The first-order chi connectivity index (χ1) is 8.10. The number of nitrogens with zero attached hydrogens (tertiary/aromatic N) is 3. The van der Waals surface area contributed by atoms with Gasteiger partial charge < -0.3 is 10.2 Å². The van der Waals surface area contributed by atoms with Crippen LogP contribution in [-0.4, -0.2) is 25.1 Å². The van der Waals surface area contributed by atoms with Gasteiger partial charge in [0.05, 0.1) is 12.5 Å². The highest BCUT2D eigenvalue weighted by Crippen LogP contribution is 2.21. The molecular formula is C11H14F2N4. The fourth-order valence-corrected chi connectivity index (χ4v) is 1.34. The van der Waals surface area contributed by atoms with Gasteiger partial charge >= 0.3 is 0 Å². The van der Waals surface area contributed by atoms with E-state index in [-0.39, 0.29) is 18.1 Å². The lowest BCUT2D eigenvalue weighted by molar-refractivity contribution is 0.573. The summed E-state index contributed by atoms with van der Waals surface area (Å²) in [6.45, 7) is 2.64. The summed E-state index contributed by atoms with van der Waals surface area (Å²) >= 11 is 0. The molecule has 0 aliphatic carbocycles. The molecule has 0 bridgehead atoms. The molecule has 1 rings (SSSR count). The highest BCUT2D eigenvalue weighted by Gasteiger charge is 2.14. The molecule has 0 unspecified atom stereocenters. The maximum atomic E-state index is 13.5. The van der Waals surface area contributed by atoms with E-state index in [2.05, 4.69) is 10.3 Å². The summed E-state index contributed by atoms with van der Waals surface area (Å²) in [5.41, 5.74) is 0. The smallest absolute Gasteiger partial charge is 0.168 e. The molecule has 0 atom stereocenters. The summed E-state index contributed by atoms with van der Waals surface area (Å²) in [6.07, 6.45) is 0.255. The molecule has 4 nitrogen and oxygen atoms in total. The number of halogens is 2. The summed E-state index contributed by atoms with van der Waals surface area (Å²) in [7, 11) is 1.61. The Kier molecular flexibility index (Phi) is 4.64. The highest BCUT2D eigenvalue weighted by atomic mass is 19.1. The van der Waals surface area contributed by atoms with Crippen LogP contribution < -0.4 is 10.2 Å². The second-order valence-corrected chi connectivity index (χ2v) is 3.48. The van der Waals surface area contributed by atoms with Gasteiger partial charge in [-0.05, 0) is 6.92 Å². The van der Waals surface area contributed by atoms with E-state index in [1.54, 1.807) is 14.0 Å². The standard InChI is InChI=1S/C11H14F2N4/c1-3-15-10-8(12)7-9(13)11(16-10)17(2)6-4-5-14/h7H,3-4,6H2,1-2H3,(H,15,16). The van der Waals surface area contributed by atoms with Crippen LogP contribution >= 0.6 is 0 Å². The van der Waals surface area contributed by atoms with Gasteiger partial charge in [0.1, 0.15) is 0 Å². The van der Waals surface area contributed by atoms with Crippen LogP contribution in [0.2, 0.25) is 0 Å². The summed E-state index contributed by atoms with van der Waals surface area (Å²) in [5, 5.41) is 11.2. The molecule has 0 radical (unpaired) electrons. The van der Waals surface area contributed by atoms with E-state index in [0.29, 0.717) is 13.1 Å². The number of nitrogens with one attached hydrogen (secondary N) is 1. The maximum absolute atomic E-state index is 13.5. The molecule has 0 aromatic carbocycles. The lowest BCUT2D eigenvalue weighted by Gasteiger charge is -2.18. The Morgan fingerprint density at radius 3 is 2.76 bits per heavy atom. The second-order valence-electron chi connectivity index (χ2n) is 3.48. The predicted molar refractivity (Wildman–Crippen MR) is 61.8 cm³/mol. The monoisotopic (exact) mass is 240 g/mol. The van der Waals surface area contributed by atoms with Crippen molar-refractivity contribution in [2.45, 2.75) is 13.3 Å². The molecule has 0 fully saturated rings. The van der Waals surface area contributed by atoms with Crippen LogP contribution in [0, 0.1) is 23.0 Å². The molecule has 17 heavy (non-hydrogen) atoms. The average molecular weight is 240 g/mol. The summed E-state index contributed by atoms with van der Waals surface area (Å²) in [6, 6.07) is 2.75. The van der Waals surface area contributed by atoms with Gasteiger partial charge in [-0.2, -0.15) is 5.26 Å². The van der Waals surface area contributed by atoms with Crippen LogP contribution in [0.1, 0.15) is 13.3 Å². The van der Waals surface area contributed by atoms with Crippen molar-refractivity contribution in [1.82, 2.24) is 4.98 Å². The number of hydrogen-bond donors (Lipinski definition) is 1. The molecule has 0 saturated carbocycles. The zero-order chi connectivity index (χ0) is 12.8. The van der Waals surface area contributed by atoms with Crippen molar-refractivity contribution in [3.8, 4) is 6.07 Å². The first-order valence-corrected chi connectivity index (χ1v) is 5.28. The number of anilines is 2. The minimum absolute atomic E-state index is 0.0210. The van der Waals surface area contributed by atoms with E-state index in [0.717, 1.165) is 6.07 Å². The van der Waals surface area contributed by atoms with Crippen LogP contribution in [0.25, 0.3) is 0 Å². The largest absolute Gasteiger partial charge is 0.368 e. The Bertz CT molecular complexity index is 428. The molecule has 1 aromatic heterocycles. The molecule has 1 aromatic rings. The molecule has 1 N–H and O–H groups in total. The van der Waals surface area contributed by atoms with E-state index >= 15 is 0 Å². The van der Waals surface area contributed by atoms with Gasteiger partial charge in [0, 0.05) is 26.2 Å². The number of rotatable bonds is 5. The summed E-state index contributed by atoms with van der Waals surface area (Å²) < 4.78 is 26.8. The molecule has 92 valence electrons. The fraction of sp³-hybridized carbons (Fsp3) is 0.455. The summed E-state index contributed by atoms with van der Waals surface area (Å²) in [4.78, 5) is 5.35. The van der Waals surface area contributed by atoms with Gasteiger partial charge in [-0.25, -0.2) is 13.8 Å². The Morgan fingerprint density at radius 1 is 1.47 bits per heavy atom. The molecule has 0 aliphatic heterocycles. The Hall–Kier alpha value is -1.90. The quantitative estimate of drug-likeness (QED) is 0.856.